The zero-order valence-electron chi connectivity index (χ0n) is 13.5. The number of terminal acetylenes is 1. The van der Waals surface area contributed by atoms with Gasteiger partial charge < -0.3 is 10.2 Å². The molecule has 0 aromatic rings. The van der Waals surface area contributed by atoms with Gasteiger partial charge in [0.05, 0.1) is 6.04 Å². The first-order chi connectivity index (χ1) is 9.86. The van der Waals surface area contributed by atoms with Gasteiger partial charge in [-0.2, -0.15) is 0 Å². The van der Waals surface area contributed by atoms with E-state index in [0.29, 0.717) is 0 Å². The Hall–Kier alpha value is -1.50. The summed E-state index contributed by atoms with van der Waals surface area (Å²) in [4.78, 5) is 27.4. The summed E-state index contributed by atoms with van der Waals surface area (Å²) in [6.45, 7) is 7.82. The predicted molar refractivity (Wildman–Crippen MR) is 82.3 cm³/mol. The second kappa shape index (κ2) is 5.71. The number of carbonyl (C=O) groups is 2. The molecule has 2 amide bonds. The molecule has 0 aromatic carbocycles. The molecule has 3 atom stereocenters. The number of rotatable bonds is 5. The number of nitrogens with zero attached hydrogens (tertiary/aromatic N) is 1. The van der Waals surface area contributed by atoms with Crippen molar-refractivity contribution in [1.29, 1.82) is 0 Å². The average molecular weight is 290 g/mol. The van der Waals surface area contributed by atoms with Crippen molar-refractivity contribution in [1.82, 2.24) is 10.2 Å². The first kappa shape index (κ1) is 15.9. The van der Waals surface area contributed by atoms with Crippen LogP contribution in [0.2, 0.25) is 0 Å². The maximum atomic E-state index is 13.1. The number of nitrogens with one attached hydrogen (secondary N) is 1. The Morgan fingerprint density at radius 1 is 1.43 bits per heavy atom. The smallest absolute Gasteiger partial charge is 0.250 e. The fourth-order valence-electron chi connectivity index (χ4n) is 3.38. The molecular weight excluding hydrogens is 264 g/mol. The van der Waals surface area contributed by atoms with Crippen LogP contribution in [0.3, 0.4) is 0 Å². The lowest BCUT2D eigenvalue weighted by molar-refractivity contribution is -0.159. The zero-order valence-corrected chi connectivity index (χ0v) is 13.5. The summed E-state index contributed by atoms with van der Waals surface area (Å²) < 4.78 is 0. The van der Waals surface area contributed by atoms with E-state index in [-0.39, 0.29) is 29.7 Å². The van der Waals surface area contributed by atoms with Gasteiger partial charge in [-0.15, -0.1) is 6.42 Å². The van der Waals surface area contributed by atoms with Gasteiger partial charge in [0, 0.05) is 0 Å². The molecule has 1 heterocycles. The van der Waals surface area contributed by atoms with Crippen molar-refractivity contribution in [2.45, 2.75) is 71.0 Å². The van der Waals surface area contributed by atoms with E-state index in [1.807, 2.05) is 27.7 Å². The molecule has 0 bridgehead atoms. The summed E-state index contributed by atoms with van der Waals surface area (Å²) in [5.41, 5.74) is -0.773. The van der Waals surface area contributed by atoms with Gasteiger partial charge in [0.25, 0.3) is 0 Å². The largest absolute Gasteiger partial charge is 0.340 e. The molecule has 1 aliphatic carbocycles. The van der Waals surface area contributed by atoms with Gasteiger partial charge in [-0.1, -0.05) is 33.1 Å². The Labute approximate surface area is 127 Å². The number of hydrogen-bond acceptors (Lipinski definition) is 2. The number of carbonyl (C=O) groups excluding carboxylic acids is 2. The minimum absolute atomic E-state index is 0.000278. The summed E-state index contributed by atoms with van der Waals surface area (Å²) >= 11 is 0. The van der Waals surface area contributed by atoms with Crippen molar-refractivity contribution in [2.24, 2.45) is 11.8 Å². The van der Waals surface area contributed by atoms with E-state index in [2.05, 4.69) is 11.2 Å². The van der Waals surface area contributed by atoms with Gasteiger partial charge in [0.15, 0.2) is 0 Å². The van der Waals surface area contributed by atoms with Crippen LogP contribution in [0.25, 0.3) is 0 Å². The molecule has 4 heteroatoms. The first-order valence-corrected chi connectivity index (χ1v) is 7.97. The second-order valence-corrected chi connectivity index (χ2v) is 6.84. The van der Waals surface area contributed by atoms with Crippen LogP contribution in [0.15, 0.2) is 0 Å². The average Bonchev–Trinajstić information content (AvgIpc) is 3.24. The van der Waals surface area contributed by atoms with Crippen LogP contribution >= 0.6 is 0 Å². The van der Waals surface area contributed by atoms with E-state index in [0.717, 1.165) is 25.7 Å². The van der Waals surface area contributed by atoms with Crippen molar-refractivity contribution >= 4 is 11.8 Å². The Balaban J connectivity index is 2.39. The van der Waals surface area contributed by atoms with Gasteiger partial charge in [0.1, 0.15) is 11.6 Å². The minimum atomic E-state index is -0.773. The fraction of sp³-hybridized carbons (Fsp3) is 0.765. The molecule has 2 rings (SSSR count). The van der Waals surface area contributed by atoms with E-state index in [1.165, 1.54) is 0 Å². The van der Waals surface area contributed by atoms with Crippen LogP contribution in [0.5, 0.6) is 0 Å². The molecule has 1 saturated carbocycles. The molecule has 116 valence electrons. The maximum absolute atomic E-state index is 13.1. The van der Waals surface area contributed by atoms with E-state index < -0.39 is 11.6 Å². The third kappa shape index (κ3) is 2.66. The van der Waals surface area contributed by atoms with Crippen LogP contribution in [-0.4, -0.2) is 34.3 Å². The summed E-state index contributed by atoms with van der Waals surface area (Å²) in [5, 5.41) is 2.99. The summed E-state index contributed by atoms with van der Waals surface area (Å²) in [5.74, 6) is 2.97. The Morgan fingerprint density at radius 3 is 2.48 bits per heavy atom. The highest BCUT2D eigenvalue weighted by atomic mass is 16.2. The number of piperazine rings is 1. The molecule has 2 aliphatic rings. The lowest BCUT2D eigenvalue weighted by atomic mass is 9.85. The van der Waals surface area contributed by atoms with Crippen LogP contribution in [0.1, 0.15) is 53.4 Å². The van der Waals surface area contributed by atoms with Crippen molar-refractivity contribution < 1.29 is 9.59 Å². The molecule has 4 nitrogen and oxygen atoms in total. The molecule has 2 fully saturated rings. The Bertz CT molecular complexity index is 476. The minimum Gasteiger partial charge on any atom is -0.340 e. The molecular formula is C17H26N2O2. The fourth-order valence-corrected chi connectivity index (χ4v) is 3.38. The predicted octanol–water partition coefficient (Wildman–Crippen LogP) is 1.94. The van der Waals surface area contributed by atoms with Gasteiger partial charge in [-0.3, -0.25) is 9.59 Å². The van der Waals surface area contributed by atoms with E-state index in [4.69, 9.17) is 6.42 Å². The highest BCUT2D eigenvalue weighted by molar-refractivity contribution is 6.00. The van der Waals surface area contributed by atoms with Gasteiger partial charge in [-0.05, 0) is 38.0 Å². The van der Waals surface area contributed by atoms with Gasteiger partial charge in [0.2, 0.25) is 11.8 Å². The zero-order chi connectivity index (χ0) is 15.8. The lowest BCUT2D eigenvalue weighted by Gasteiger charge is -2.48. The molecule has 3 unspecified atom stereocenters. The van der Waals surface area contributed by atoms with Gasteiger partial charge in [-0.25, -0.2) is 0 Å². The molecule has 0 spiro atoms. The van der Waals surface area contributed by atoms with Gasteiger partial charge >= 0.3 is 0 Å². The quantitative estimate of drug-likeness (QED) is 0.787. The third-order valence-electron chi connectivity index (χ3n) is 4.75. The highest BCUT2D eigenvalue weighted by Gasteiger charge is 2.56. The number of amides is 2. The molecule has 0 radical (unpaired) electrons. The van der Waals surface area contributed by atoms with Crippen molar-refractivity contribution in [3.63, 3.8) is 0 Å². The molecule has 21 heavy (non-hydrogen) atoms. The van der Waals surface area contributed by atoms with Crippen LogP contribution in [0.4, 0.5) is 0 Å². The topological polar surface area (TPSA) is 49.4 Å². The van der Waals surface area contributed by atoms with Crippen molar-refractivity contribution in [3.05, 3.63) is 0 Å². The first-order valence-electron chi connectivity index (χ1n) is 7.97. The van der Waals surface area contributed by atoms with Crippen molar-refractivity contribution in [3.8, 4) is 12.3 Å². The van der Waals surface area contributed by atoms with Crippen LogP contribution in [-0.2, 0) is 9.59 Å². The van der Waals surface area contributed by atoms with Crippen LogP contribution in [0, 0.1) is 24.2 Å². The Kier molecular flexibility index (Phi) is 4.32. The molecule has 1 N–H and O–H groups in total. The monoisotopic (exact) mass is 290 g/mol. The summed E-state index contributed by atoms with van der Waals surface area (Å²) in [6, 6.07) is -0.754. The van der Waals surface area contributed by atoms with E-state index in [1.54, 1.807) is 4.90 Å². The highest BCUT2D eigenvalue weighted by Crippen LogP contribution is 2.43. The SMILES string of the molecule is C#CC(CCC)N1C(=O)C(C)(C2CC2)NC(=O)C1C(C)C. The summed E-state index contributed by atoms with van der Waals surface area (Å²) in [7, 11) is 0. The van der Waals surface area contributed by atoms with Crippen LogP contribution < -0.4 is 5.32 Å². The molecule has 1 saturated heterocycles. The molecule has 1 aliphatic heterocycles. The lowest BCUT2D eigenvalue weighted by Crippen LogP contribution is -2.72. The van der Waals surface area contributed by atoms with Crippen molar-refractivity contribution in [2.75, 3.05) is 0 Å². The third-order valence-corrected chi connectivity index (χ3v) is 4.75. The van der Waals surface area contributed by atoms with E-state index >= 15 is 0 Å². The Morgan fingerprint density at radius 2 is 2.05 bits per heavy atom. The second-order valence-electron chi connectivity index (χ2n) is 6.84. The maximum Gasteiger partial charge on any atom is 0.250 e. The molecule has 0 aromatic heterocycles. The summed E-state index contributed by atoms with van der Waals surface area (Å²) in [6.07, 6.45) is 9.29. The number of hydrogen-bond donors (Lipinski definition) is 1. The van der Waals surface area contributed by atoms with E-state index in [9.17, 15) is 9.59 Å². The standard InChI is InChI=1S/C17H26N2O2/c1-6-8-13(7-2)19-14(11(3)4)15(20)18-17(5,16(19)21)12-9-10-12/h2,11-14H,6,8-10H2,1,3-5H3,(H,18,20). The normalized spacial score (nSPS) is 31.0.